The molecule has 0 saturated heterocycles. The molecule has 0 aliphatic heterocycles. The van der Waals surface area contributed by atoms with Gasteiger partial charge in [0.05, 0.1) is 5.52 Å². The summed E-state index contributed by atoms with van der Waals surface area (Å²) < 4.78 is 7.39. The van der Waals surface area contributed by atoms with Gasteiger partial charge in [-0.3, -0.25) is 4.79 Å². The largest absolute Gasteiger partial charge is 0.493 e. The van der Waals surface area contributed by atoms with Crippen molar-refractivity contribution in [2.24, 2.45) is 10.2 Å². The maximum atomic E-state index is 12.4. The molecule has 2 aromatic carbocycles. The Bertz CT molecular complexity index is 1110. The Balaban J connectivity index is 1.89. The van der Waals surface area contributed by atoms with E-state index >= 15 is 0 Å². The third-order valence-electron chi connectivity index (χ3n) is 4.47. The van der Waals surface area contributed by atoms with Crippen LogP contribution >= 0.6 is 23.2 Å². The zero-order chi connectivity index (χ0) is 21.3. The van der Waals surface area contributed by atoms with E-state index in [1.165, 1.54) is 0 Å². The van der Waals surface area contributed by atoms with Crippen LogP contribution in [-0.2, 0) is 4.79 Å². The van der Waals surface area contributed by atoms with Gasteiger partial charge in [-0.2, -0.15) is 0 Å². The third kappa shape index (κ3) is 4.38. The summed E-state index contributed by atoms with van der Waals surface area (Å²) in [6, 6.07) is 10.3. The molecule has 152 valence electrons. The van der Waals surface area contributed by atoms with Gasteiger partial charge in [0.15, 0.2) is 11.8 Å². The fourth-order valence-electron chi connectivity index (χ4n) is 3.04. The first kappa shape index (κ1) is 21.1. The molecule has 3 rings (SSSR count). The molecule has 0 spiro atoms. The number of aromatic hydroxyl groups is 1. The highest BCUT2D eigenvalue weighted by atomic mass is 35.5. The number of hydrogen-bond acceptors (Lipinski definition) is 4. The lowest BCUT2D eigenvalue weighted by Crippen LogP contribution is -2.21. The Morgan fingerprint density at radius 1 is 1.10 bits per heavy atom. The van der Waals surface area contributed by atoms with Crippen molar-refractivity contribution in [2.45, 2.75) is 39.8 Å². The summed E-state index contributed by atoms with van der Waals surface area (Å²) in [5, 5.41) is 20.1. The summed E-state index contributed by atoms with van der Waals surface area (Å²) in [5.74, 6) is -0.112. The minimum absolute atomic E-state index is 0.0199. The van der Waals surface area contributed by atoms with Gasteiger partial charge in [0, 0.05) is 21.5 Å². The summed E-state index contributed by atoms with van der Waals surface area (Å²) in [5.41, 5.74) is 1.75. The molecule has 1 N–H and O–H groups in total. The molecule has 0 aliphatic rings. The Labute approximate surface area is 178 Å². The summed E-state index contributed by atoms with van der Waals surface area (Å²) in [6.45, 7) is 7.29. The standard InChI is InChI=1S/C21H21Cl2N3O3/c1-11(2)26-17-7-5-15(23)10-16(17)19(21(26)28)24-25-20(27)13(4)29-18-8-6-14(22)9-12(18)3/h5-11,13,28H,1-4H3. The molecular formula is C21H21Cl2N3O3. The van der Waals surface area contributed by atoms with E-state index in [4.69, 9.17) is 27.9 Å². The lowest BCUT2D eigenvalue weighted by atomic mass is 10.2. The summed E-state index contributed by atoms with van der Waals surface area (Å²) >= 11 is 12.0. The number of amides is 1. The molecule has 6 nitrogen and oxygen atoms in total. The van der Waals surface area contributed by atoms with E-state index in [9.17, 15) is 9.90 Å². The van der Waals surface area contributed by atoms with Gasteiger partial charge in [0.25, 0.3) is 0 Å². The number of nitrogens with zero attached hydrogens (tertiary/aromatic N) is 3. The fourth-order valence-corrected chi connectivity index (χ4v) is 3.44. The molecule has 0 aliphatic carbocycles. The molecule has 0 saturated carbocycles. The summed E-state index contributed by atoms with van der Waals surface area (Å²) in [4.78, 5) is 12.4. The van der Waals surface area contributed by atoms with Gasteiger partial charge in [-0.1, -0.05) is 23.2 Å². The molecule has 29 heavy (non-hydrogen) atoms. The van der Waals surface area contributed by atoms with Crippen molar-refractivity contribution in [2.75, 3.05) is 0 Å². The molecular weight excluding hydrogens is 413 g/mol. The zero-order valence-corrected chi connectivity index (χ0v) is 18.0. The van der Waals surface area contributed by atoms with Crippen LogP contribution in [0.3, 0.4) is 0 Å². The highest BCUT2D eigenvalue weighted by Crippen LogP contribution is 2.41. The van der Waals surface area contributed by atoms with Crippen LogP contribution < -0.4 is 4.74 Å². The number of ether oxygens (including phenoxy) is 1. The molecule has 8 heteroatoms. The summed E-state index contributed by atoms with van der Waals surface area (Å²) in [6.07, 6.45) is -0.859. The number of aromatic nitrogens is 1. The first-order valence-corrected chi connectivity index (χ1v) is 9.85. The Hall–Kier alpha value is -2.57. The van der Waals surface area contributed by atoms with Crippen molar-refractivity contribution in [3.8, 4) is 11.6 Å². The molecule has 1 heterocycles. The van der Waals surface area contributed by atoms with Gasteiger partial charge in [-0.05, 0) is 69.7 Å². The molecule has 0 bridgehead atoms. The number of azo groups is 1. The van der Waals surface area contributed by atoms with E-state index in [0.717, 1.165) is 11.1 Å². The second-order valence-electron chi connectivity index (χ2n) is 7.01. The monoisotopic (exact) mass is 433 g/mol. The SMILES string of the molecule is Cc1cc(Cl)ccc1OC(C)C(=O)N=Nc1c(O)n(C(C)C)c2ccc(Cl)cc12. The minimum Gasteiger partial charge on any atom is -0.493 e. The number of hydrogen-bond donors (Lipinski definition) is 1. The number of carbonyl (C=O) groups is 1. The van der Waals surface area contributed by atoms with Gasteiger partial charge in [-0.25, -0.2) is 0 Å². The number of fused-ring (bicyclic) bond motifs is 1. The van der Waals surface area contributed by atoms with Crippen LogP contribution in [0.1, 0.15) is 32.4 Å². The van der Waals surface area contributed by atoms with Crippen LogP contribution in [0.2, 0.25) is 10.0 Å². The van der Waals surface area contributed by atoms with Crippen molar-refractivity contribution in [1.82, 2.24) is 4.57 Å². The number of rotatable bonds is 5. The maximum Gasteiger partial charge on any atom is 0.304 e. The normalized spacial score (nSPS) is 12.8. The second-order valence-corrected chi connectivity index (χ2v) is 7.88. The lowest BCUT2D eigenvalue weighted by molar-refractivity contribution is -0.124. The smallest absolute Gasteiger partial charge is 0.304 e. The minimum atomic E-state index is -0.859. The molecule has 0 radical (unpaired) electrons. The second kappa shape index (κ2) is 8.43. The highest BCUT2D eigenvalue weighted by molar-refractivity contribution is 6.31. The fraction of sp³-hybridized carbons (Fsp3) is 0.286. The van der Waals surface area contributed by atoms with Gasteiger partial charge in [-0.15, -0.1) is 10.2 Å². The molecule has 3 aromatic rings. The number of carbonyl (C=O) groups excluding carboxylic acids is 1. The third-order valence-corrected chi connectivity index (χ3v) is 4.94. The molecule has 1 aromatic heterocycles. The average molecular weight is 434 g/mol. The van der Waals surface area contributed by atoms with Crippen molar-refractivity contribution >= 4 is 45.7 Å². The lowest BCUT2D eigenvalue weighted by Gasteiger charge is -2.13. The summed E-state index contributed by atoms with van der Waals surface area (Å²) in [7, 11) is 0. The van der Waals surface area contributed by atoms with E-state index in [1.54, 1.807) is 47.9 Å². The highest BCUT2D eigenvalue weighted by Gasteiger charge is 2.20. The zero-order valence-electron chi connectivity index (χ0n) is 16.5. The van der Waals surface area contributed by atoms with E-state index < -0.39 is 12.0 Å². The molecule has 1 amide bonds. The Morgan fingerprint density at radius 3 is 2.41 bits per heavy atom. The van der Waals surface area contributed by atoms with Gasteiger partial charge < -0.3 is 14.4 Å². The number of benzene rings is 2. The van der Waals surface area contributed by atoms with Crippen LogP contribution in [0, 0.1) is 6.92 Å². The van der Waals surface area contributed by atoms with Gasteiger partial charge in [0.1, 0.15) is 5.75 Å². The topological polar surface area (TPSA) is 76.2 Å². The van der Waals surface area contributed by atoms with Crippen LogP contribution in [0.15, 0.2) is 46.6 Å². The van der Waals surface area contributed by atoms with Gasteiger partial charge >= 0.3 is 5.91 Å². The van der Waals surface area contributed by atoms with E-state index in [2.05, 4.69) is 10.2 Å². The maximum absolute atomic E-state index is 12.4. The van der Waals surface area contributed by atoms with Crippen LogP contribution in [-0.4, -0.2) is 21.7 Å². The Morgan fingerprint density at radius 2 is 1.76 bits per heavy atom. The van der Waals surface area contributed by atoms with Crippen molar-refractivity contribution < 1.29 is 14.6 Å². The van der Waals surface area contributed by atoms with Crippen LogP contribution in [0.5, 0.6) is 11.6 Å². The average Bonchev–Trinajstić information content (AvgIpc) is 2.92. The van der Waals surface area contributed by atoms with E-state index in [0.29, 0.717) is 21.2 Å². The van der Waals surface area contributed by atoms with Crippen LogP contribution in [0.25, 0.3) is 10.9 Å². The molecule has 0 fully saturated rings. The van der Waals surface area contributed by atoms with Crippen LogP contribution in [0.4, 0.5) is 5.69 Å². The van der Waals surface area contributed by atoms with Crippen molar-refractivity contribution in [3.63, 3.8) is 0 Å². The van der Waals surface area contributed by atoms with Crippen molar-refractivity contribution in [3.05, 3.63) is 52.0 Å². The number of halogens is 2. The van der Waals surface area contributed by atoms with E-state index in [-0.39, 0.29) is 17.6 Å². The van der Waals surface area contributed by atoms with E-state index in [1.807, 2.05) is 20.8 Å². The quantitative estimate of drug-likeness (QED) is 0.459. The predicted molar refractivity (Wildman–Crippen MR) is 115 cm³/mol. The first-order chi connectivity index (χ1) is 13.7. The first-order valence-electron chi connectivity index (χ1n) is 9.09. The van der Waals surface area contributed by atoms with Crippen molar-refractivity contribution in [1.29, 1.82) is 0 Å². The number of aryl methyl sites for hydroxylation is 1. The Kier molecular flexibility index (Phi) is 6.15. The predicted octanol–water partition coefficient (Wildman–Crippen LogP) is 6.62. The van der Waals surface area contributed by atoms with Gasteiger partial charge in [0.2, 0.25) is 5.88 Å². The molecule has 1 atom stereocenters. The molecule has 1 unspecified atom stereocenters.